The molecular formula is C25H25N3O2S. The summed E-state index contributed by atoms with van der Waals surface area (Å²) < 4.78 is 1.66. The Morgan fingerprint density at radius 3 is 2.65 bits per heavy atom. The van der Waals surface area contributed by atoms with Crippen LogP contribution in [-0.2, 0) is 0 Å². The first-order chi connectivity index (χ1) is 15.0. The van der Waals surface area contributed by atoms with Gasteiger partial charge in [0.15, 0.2) is 0 Å². The summed E-state index contributed by atoms with van der Waals surface area (Å²) in [5.74, 6) is 0.523. The number of benzene rings is 2. The maximum atomic E-state index is 13.6. The molecule has 0 spiro atoms. The van der Waals surface area contributed by atoms with Crippen LogP contribution in [0.4, 0.5) is 0 Å². The average molecular weight is 432 g/mol. The highest BCUT2D eigenvalue weighted by molar-refractivity contribution is 7.12. The molecule has 1 amide bonds. The summed E-state index contributed by atoms with van der Waals surface area (Å²) in [6.07, 6.45) is 0.809. The summed E-state index contributed by atoms with van der Waals surface area (Å²) in [5.41, 5.74) is 2.32. The monoisotopic (exact) mass is 431 g/mol. The van der Waals surface area contributed by atoms with Gasteiger partial charge in [-0.25, -0.2) is 4.98 Å². The number of carbonyl (C=O) groups is 1. The topological polar surface area (TPSA) is 55.2 Å². The zero-order chi connectivity index (χ0) is 22.0. The van der Waals surface area contributed by atoms with Crippen LogP contribution in [-0.4, -0.2) is 26.9 Å². The Kier molecular flexibility index (Phi) is 6.00. The molecule has 4 aromatic rings. The van der Waals surface area contributed by atoms with Crippen molar-refractivity contribution in [1.29, 1.82) is 0 Å². The van der Waals surface area contributed by atoms with E-state index in [-0.39, 0.29) is 17.5 Å². The SMILES string of the molecule is CCCN(C(=O)c1cccs1)C(C)c1nc2ccccc2c(=O)n1-c1cccc(C)c1. The lowest BCUT2D eigenvalue weighted by Gasteiger charge is -2.30. The van der Waals surface area contributed by atoms with Gasteiger partial charge in [0.05, 0.1) is 27.5 Å². The van der Waals surface area contributed by atoms with Crippen LogP contribution in [0.15, 0.2) is 70.8 Å². The van der Waals surface area contributed by atoms with Gasteiger partial charge in [0, 0.05) is 6.54 Å². The highest BCUT2D eigenvalue weighted by Gasteiger charge is 2.27. The van der Waals surface area contributed by atoms with E-state index in [4.69, 9.17) is 4.98 Å². The highest BCUT2D eigenvalue weighted by Crippen LogP contribution is 2.26. The number of carbonyl (C=O) groups excluding carboxylic acids is 1. The fourth-order valence-corrected chi connectivity index (χ4v) is 4.52. The molecule has 0 bridgehead atoms. The smallest absolute Gasteiger partial charge is 0.266 e. The number of rotatable bonds is 6. The van der Waals surface area contributed by atoms with E-state index < -0.39 is 0 Å². The van der Waals surface area contributed by atoms with Crippen molar-refractivity contribution in [2.75, 3.05) is 6.54 Å². The Morgan fingerprint density at radius 1 is 1.13 bits per heavy atom. The lowest BCUT2D eigenvalue weighted by atomic mass is 10.1. The number of aromatic nitrogens is 2. The predicted octanol–water partition coefficient (Wildman–Crippen LogP) is 5.37. The fourth-order valence-electron chi connectivity index (χ4n) is 3.84. The van der Waals surface area contributed by atoms with Crippen molar-refractivity contribution in [3.63, 3.8) is 0 Å². The minimum Gasteiger partial charge on any atom is -0.328 e. The molecule has 6 heteroatoms. The molecule has 0 saturated heterocycles. The van der Waals surface area contributed by atoms with E-state index >= 15 is 0 Å². The van der Waals surface area contributed by atoms with Gasteiger partial charge >= 0.3 is 0 Å². The highest BCUT2D eigenvalue weighted by atomic mass is 32.1. The summed E-state index contributed by atoms with van der Waals surface area (Å²) in [5, 5.41) is 2.46. The summed E-state index contributed by atoms with van der Waals surface area (Å²) in [6.45, 7) is 6.57. The molecule has 4 rings (SSSR count). The Balaban J connectivity index is 1.93. The van der Waals surface area contributed by atoms with Crippen LogP contribution in [0.2, 0.25) is 0 Å². The van der Waals surface area contributed by atoms with Gasteiger partial charge in [-0.2, -0.15) is 0 Å². The van der Waals surface area contributed by atoms with Gasteiger partial charge in [0.1, 0.15) is 5.82 Å². The third kappa shape index (κ3) is 4.03. The summed E-state index contributed by atoms with van der Waals surface area (Å²) in [4.78, 5) is 34.2. The van der Waals surface area contributed by atoms with E-state index in [1.807, 2.05) is 85.6 Å². The van der Waals surface area contributed by atoms with Crippen molar-refractivity contribution in [3.8, 4) is 5.69 Å². The van der Waals surface area contributed by atoms with E-state index in [1.165, 1.54) is 11.3 Å². The summed E-state index contributed by atoms with van der Waals surface area (Å²) in [6, 6.07) is 18.5. The Morgan fingerprint density at radius 2 is 1.94 bits per heavy atom. The number of amides is 1. The molecule has 0 saturated carbocycles. The van der Waals surface area contributed by atoms with Gasteiger partial charge in [-0.3, -0.25) is 14.2 Å². The van der Waals surface area contributed by atoms with Crippen molar-refractivity contribution < 1.29 is 4.79 Å². The molecule has 0 aliphatic rings. The molecule has 1 unspecified atom stereocenters. The molecule has 0 aliphatic heterocycles. The Hall–Kier alpha value is -3.25. The molecular weight excluding hydrogens is 406 g/mol. The standard InChI is InChI=1S/C25H25N3O2S/c1-4-14-27(25(30)22-13-8-15-31-22)18(3)23-26-21-12-6-5-11-20(21)24(29)28(23)19-10-7-9-17(2)16-19/h5-13,15-16,18H,4,14H2,1-3H3. The lowest BCUT2D eigenvalue weighted by Crippen LogP contribution is -2.37. The molecule has 0 aliphatic carbocycles. The number of thiophene rings is 1. The van der Waals surface area contributed by atoms with Crippen molar-refractivity contribution in [2.24, 2.45) is 0 Å². The average Bonchev–Trinajstić information content (AvgIpc) is 3.31. The number of aryl methyl sites for hydroxylation is 1. The number of para-hydroxylation sites is 1. The van der Waals surface area contributed by atoms with Gasteiger partial charge in [0.25, 0.3) is 11.5 Å². The molecule has 2 heterocycles. The first kappa shape index (κ1) is 21.0. The molecule has 2 aromatic heterocycles. The van der Waals surface area contributed by atoms with Gasteiger partial charge in [0.2, 0.25) is 0 Å². The number of fused-ring (bicyclic) bond motifs is 1. The first-order valence-corrected chi connectivity index (χ1v) is 11.3. The van der Waals surface area contributed by atoms with Crippen molar-refractivity contribution in [3.05, 3.63) is 92.7 Å². The molecule has 0 fully saturated rings. The predicted molar refractivity (Wildman–Crippen MR) is 126 cm³/mol. The van der Waals surface area contributed by atoms with E-state index in [2.05, 4.69) is 0 Å². The largest absolute Gasteiger partial charge is 0.328 e. The molecule has 0 radical (unpaired) electrons. The second-order valence-corrected chi connectivity index (χ2v) is 8.57. The maximum absolute atomic E-state index is 13.6. The van der Waals surface area contributed by atoms with E-state index in [0.29, 0.717) is 28.1 Å². The van der Waals surface area contributed by atoms with E-state index in [1.54, 1.807) is 10.6 Å². The van der Waals surface area contributed by atoms with Crippen LogP contribution in [0.5, 0.6) is 0 Å². The van der Waals surface area contributed by atoms with Crippen molar-refractivity contribution >= 4 is 28.1 Å². The molecule has 31 heavy (non-hydrogen) atoms. The first-order valence-electron chi connectivity index (χ1n) is 10.4. The number of nitrogens with zero attached hydrogens (tertiary/aromatic N) is 3. The minimum absolute atomic E-state index is 0.0393. The normalized spacial score (nSPS) is 12.1. The minimum atomic E-state index is -0.382. The van der Waals surface area contributed by atoms with Gasteiger partial charge in [-0.15, -0.1) is 11.3 Å². The molecule has 158 valence electrons. The number of hydrogen-bond acceptors (Lipinski definition) is 4. The molecule has 1 atom stereocenters. The molecule has 5 nitrogen and oxygen atoms in total. The van der Waals surface area contributed by atoms with Gasteiger partial charge < -0.3 is 4.90 Å². The van der Waals surface area contributed by atoms with Crippen LogP contribution in [0.3, 0.4) is 0 Å². The van der Waals surface area contributed by atoms with Gasteiger partial charge in [-0.05, 0) is 61.5 Å². The lowest BCUT2D eigenvalue weighted by molar-refractivity contribution is 0.0686. The summed E-state index contributed by atoms with van der Waals surface area (Å²) >= 11 is 1.43. The Bertz CT molecular complexity index is 1280. The molecule has 2 aromatic carbocycles. The second-order valence-electron chi connectivity index (χ2n) is 7.62. The second kappa shape index (κ2) is 8.86. The third-order valence-corrected chi connectivity index (χ3v) is 6.22. The van der Waals surface area contributed by atoms with Crippen LogP contribution in [0, 0.1) is 6.92 Å². The van der Waals surface area contributed by atoms with Crippen molar-refractivity contribution in [1.82, 2.24) is 14.5 Å². The van der Waals surface area contributed by atoms with E-state index in [9.17, 15) is 9.59 Å². The van der Waals surface area contributed by atoms with Crippen LogP contribution >= 0.6 is 11.3 Å². The summed E-state index contributed by atoms with van der Waals surface area (Å²) in [7, 11) is 0. The maximum Gasteiger partial charge on any atom is 0.266 e. The zero-order valence-electron chi connectivity index (χ0n) is 17.9. The Labute approximate surface area is 185 Å². The quantitative estimate of drug-likeness (QED) is 0.412. The fraction of sp³-hybridized carbons (Fsp3) is 0.240. The van der Waals surface area contributed by atoms with Crippen LogP contribution in [0.25, 0.3) is 16.6 Å². The van der Waals surface area contributed by atoms with Crippen LogP contribution < -0.4 is 5.56 Å². The van der Waals surface area contributed by atoms with E-state index in [0.717, 1.165) is 17.7 Å². The zero-order valence-corrected chi connectivity index (χ0v) is 18.7. The number of hydrogen-bond donors (Lipinski definition) is 0. The van der Waals surface area contributed by atoms with Crippen LogP contribution in [0.1, 0.15) is 47.4 Å². The van der Waals surface area contributed by atoms with Crippen molar-refractivity contribution in [2.45, 2.75) is 33.2 Å². The molecule has 0 N–H and O–H groups in total. The van der Waals surface area contributed by atoms with Gasteiger partial charge in [-0.1, -0.05) is 37.3 Å². The third-order valence-electron chi connectivity index (χ3n) is 5.36.